The standard InChI is InChI=1S/C29H37N5O4.C13H33N5.C11H10BrNO2.C9H21N/c1-30(14-8-16-33-26(35)22-10-4-5-11-23(22)27(33)36)18-20-32(3)21-19-31(2)15-9-17-34-28(37)24-12-6-7-13-25(24)29(34)38;1-16(8-4-6-14)10-12-18(3)13-11-17(2)9-5-7-15;12-6-3-7-13-10(14)8-4-1-2-5-9(8)11(13)15;1-4-6-8-10(3)9-7-5-2/h4-7,10-13H,8-9,14-21H2,1-3H3;4-15H2,1-3H3;1-2,4-5H,3,6-7H2;4-9H2,1-3H3. The summed E-state index contributed by atoms with van der Waals surface area (Å²) in [6, 6.07) is 20.9. The Bertz CT molecular complexity index is 2140. The van der Waals surface area contributed by atoms with E-state index in [1.807, 2.05) is 0 Å². The van der Waals surface area contributed by atoms with E-state index in [4.69, 9.17) is 11.5 Å². The molecule has 0 fully saturated rings. The number of amides is 6. The predicted octanol–water partition coefficient (Wildman–Crippen LogP) is 6.22. The van der Waals surface area contributed by atoms with E-state index in [1.54, 1.807) is 72.8 Å². The Hall–Kier alpha value is -4.80. The van der Waals surface area contributed by atoms with Crippen molar-refractivity contribution in [2.24, 2.45) is 11.5 Å². The summed E-state index contributed by atoms with van der Waals surface area (Å²) >= 11 is 3.28. The van der Waals surface area contributed by atoms with Gasteiger partial charge in [0.25, 0.3) is 35.4 Å². The first-order valence-electron chi connectivity index (χ1n) is 29.6. The number of carbonyl (C=O) groups is 6. The lowest BCUT2D eigenvalue weighted by molar-refractivity contribution is 0.0633. The first-order valence-corrected chi connectivity index (χ1v) is 30.7. The molecular weight excluding hydrogens is 1090 g/mol. The fourth-order valence-corrected chi connectivity index (χ4v) is 9.52. The summed E-state index contributed by atoms with van der Waals surface area (Å²) in [7, 11) is 14.9. The molecule has 0 radical (unpaired) electrons. The van der Waals surface area contributed by atoms with Crippen LogP contribution < -0.4 is 11.5 Å². The number of likely N-dealkylation sites (N-methyl/N-ethyl adjacent to an activating group) is 6. The highest BCUT2D eigenvalue weighted by atomic mass is 79.9. The van der Waals surface area contributed by atoms with Crippen LogP contribution in [0.1, 0.15) is 134 Å². The molecule has 4 N–H and O–H groups in total. The lowest BCUT2D eigenvalue weighted by Crippen LogP contribution is -2.38. The number of fused-ring (bicyclic) bond motifs is 3. The van der Waals surface area contributed by atoms with Crippen molar-refractivity contribution in [3.8, 4) is 0 Å². The lowest BCUT2D eigenvalue weighted by Gasteiger charge is -2.25. The first kappa shape index (κ1) is 70.5. The Morgan fingerprint density at radius 3 is 0.741 bits per heavy atom. The van der Waals surface area contributed by atoms with E-state index in [-0.39, 0.29) is 35.4 Å². The molecule has 18 nitrogen and oxygen atoms in total. The maximum atomic E-state index is 12.5. The maximum absolute atomic E-state index is 12.5. The highest BCUT2D eigenvalue weighted by Gasteiger charge is 2.36. The molecule has 0 aromatic heterocycles. The molecule has 81 heavy (non-hydrogen) atoms. The fraction of sp³-hybridized carbons (Fsp3) is 0.613. The Morgan fingerprint density at radius 2 is 0.519 bits per heavy atom. The van der Waals surface area contributed by atoms with Crippen LogP contribution in [0.3, 0.4) is 0 Å². The zero-order chi connectivity index (χ0) is 59.7. The molecule has 0 aliphatic carbocycles. The minimum atomic E-state index is -0.194. The van der Waals surface area contributed by atoms with Gasteiger partial charge in [0.05, 0.1) is 33.4 Å². The van der Waals surface area contributed by atoms with Crippen LogP contribution in [0.4, 0.5) is 0 Å². The summed E-state index contributed by atoms with van der Waals surface area (Å²) in [5.74, 6) is -1.11. The number of imide groups is 3. The molecule has 3 aromatic carbocycles. The minimum Gasteiger partial charge on any atom is -0.330 e. The second-order valence-electron chi connectivity index (χ2n) is 21.8. The molecule has 3 aliphatic rings. The van der Waals surface area contributed by atoms with Crippen LogP contribution >= 0.6 is 15.9 Å². The monoisotopic (exact) mass is 1190 g/mol. The predicted molar refractivity (Wildman–Crippen MR) is 333 cm³/mol. The zero-order valence-electron chi connectivity index (χ0n) is 50.9. The van der Waals surface area contributed by atoms with Crippen molar-refractivity contribution in [3.05, 3.63) is 106 Å². The van der Waals surface area contributed by atoms with Gasteiger partial charge in [0.1, 0.15) is 0 Å². The molecule has 0 bridgehead atoms. The number of halogens is 1. The van der Waals surface area contributed by atoms with Crippen LogP contribution in [0.15, 0.2) is 72.8 Å². The topological polar surface area (TPSA) is 187 Å². The van der Waals surface area contributed by atoms with E-state index in [0.29, 0.717) is 53.0 Å². The molecule has 0 saturated heterocycles. The van der Waals surface area contributed by atoms with Gasteiger partial charge in [-0.25, -0.2) is 0 Å². The molecule has 0 unspecified atom stereocenters. The number of hydrogen-bond acceptors (Lipinski definition) is 15. The molecule has 3 aliphatic heterocycles. The average molecular weight is 1190 g/mol. The number of nitrogens with two attached hydrogens (primary N) is 2. The third-order valence-electron chi connectivity index (χ3n) is 14.7. The van der Waals surface area contributed by atoms with E-state index in [9.17, 15) is 28.8 Å². The van der Waals surface area contributed by atoms with E-state index < -0.39 is 0 Å². The van der Waals surface area contributed by atoms with Crippen LogP contribution in [-0.2, 0) is 0 Å². The molecule has 19 heteroatoms. The van der Waals surface area contributed by atoms with E-state index in [0.717, 1.165) is 129 Å². The number of alkyl halides is 1. The van der Waals surface area contributed by atoms with Crippen molar-refractivity contribution in [1.29, 1.82) is 0 Å². The summed E-state index contributed by atoms with van der Waals surface area (Å²) in [5.41, 5.74) is 14.1. The number of rotatable bonds is 35. The van der Waals surface area contributed by atoms with Gasteiger partial charge in [-0.3, -0.25) is 43.5 Å². The largest absolute Gasteiger partial charge is 0.330 e. The number of hydrogen-bond donors (Lipinski definition) is 2. The van der Waals surface area contributed by atoms with E-state index in [2.05, 4.69) is 113 Å². The second-order valence-corrected chi connectivity index (χ2v) is 22.6. The normalized spacial score (nSPS) is 13.7. The summed E-state index contributed by atoms with van der Waals surface area (Å²) < 4.78 is 0. The number of unbranched alkanes of at least 4 members (excludes halogenated alkanes) is 2. The highest BCUT2D eigenvalue weighted by molar-refractivity contribution is 9.09. The van der Waals surface area contributed by atoms with Gasteiger partial charge < -0.3 is 45.8 Å². The molecule has 3 heterocycles. The molecule has 3 aromatic rings. The molecule has 452 valence electrons. The summed E-state index contributed by atoms with van der Waals surface area (Å²) in [6.07, 6.45) is 9.76. The molecule has 6 rings (SSSR count). The number of carbonyl (C=O) groups excluding carboxylic acids is 6. The second kappa shape index (κ2) is 39.6. The Balaban J connectivity index is 0.000000330. The van der Waals surface area contributed by atoms with Gasteiger partial charge in [-0.2, -0.15) is 0 Å². The van der Waals surface area contributed by atoms with Crippen molar-refractivity contribution >= 4 is 51.4 Å². The average Bonchev–Trinajstić information content (AvgIpc) is 4.21. The van der Waals surface area contributed by atoms with Gasteiger partial charge in [0.2, 0.25) is 0 Å². The minimum absolute atomic E-state index is 0.170. The molecule has 6 amide bonds. The van der Waals surface area contributed by atoms with Crippen LogP contribution in [0.25, 0.3) is 0 Å². The Kier molecular flexibility index (Phi) is 34.5. The van der Waals surface area contributed by atoms with Crippen molar-refractivity contribution in [2.45, 2.75) is 71.6 Å². The molecular formula is C62H101BrN12O6. The summed E-state index contributed by atoms with van der Waals surface area (Å²) in [4.78, 5) is 93.8. The van der Waals surface area contributed by atoms with Crippen LogP contribution in [0, 0.1) is 0 Å². The van der Waals surface area contributed by atoms with Crippen molar-refractivity contribution in [1.82, 2.24) is 49.0 Å². The maximum Gasteiger partial charge on any atom is 0.261 e. The van der Waals surface area contributed by atoms with Crippen molar-refractivity contribution in [3.63, 3.8) is 0 Å². The quantitative estimate of drug-likeness (QED) is 0.0499. The molecule has 0 atom stereocenters. The SMILES string of the molecule is CCCCN(C)CCCC.CN(CCCN)CCN(C)CCN(C)CCCN.CN(CCCN1C(=O)c2ccccc2C1=O)CCN(C)CCN(C)CCCN1C(=O)c2ccccc2C1=O.O=C1c2ccccc2C(=O)N1CCCBr. The molecule has 0 saturated carbocycles. The van der Waals surface area contributed by atoms with Crippen molar-refractivity contribution in [2.75, 3.05) is 179 Å². The van der Waals surface area contributed by atoms with Crippen LogP contribution in [0.5, 0.6) is 0 Å². The van der Waals surface area contributed by atoms with E-state index in [1.165, 1.54) is 53.5 Å². The van der Waals surface area contributed by atoms with Crippen LogP contribution in [0.2, 0.25) is 0 Å². The van der Waals surface area contributed by atoms with Crippen LogP contribution in [-0.4, -0.2) is 263 Å². The first-order chi connectivity index (χ1) is 38.9. The molecule has 0 spiro atoms. The number of nitrogens with zero attached hydrogens (tertiary/aromatic N) is 10. The van der Waals surface area contributed by atoms with Gasteiger partial charge in [-0.15, -0.1) is 0 Å². The summed E-state index contributed by atoms with van der Waals surface area (Å²) in [6.45, 7) is 21.8. The summed E-state index contributed by atoms with van der Waals surface area (Å²) in [5, 5.41) is 0.792. The fourth-order valence-electron chi connectivity index (χ4n) is 9.27. The smallest absolute Gasteiger partial charge is 0.261 e. The third kappa shape index (κ3) is 24.5. The zero-order valence-corrected chi connectivity index (χ0v) is 52.5. The van der Waals surface area contributed by atoms with Gasteiger partial charge >= 0.3 is 0 Å². The van der Waals surface area contributed by atoms with Gasteiger partial charge in [-0.1, -0.05) is 79.0 Å². The lowest BCUT2D eigenvalue weighted by atomic mass is 10.1. The number of benzene rings is 3. The Morgan fingerprint density at radius 1 is 0.321 bits per heavy atom. The highest BCUT2D eigenvalue weighted by Crippen LogP contribution is 2.25. The Labute approximate surface area is 495 Å². The third-order valence-corrected chi connectivity index (χ3v) is 15.3. The van der Waals surface area contributed by atoms with Crippen molar-refractivity contribution < 1.29 is 28.8 Å². The van der Waals surface area contributed by atoms with Gasteiger partial charge in [0.15, 0.2) is 0 Å². The van der Waals surface area contributed by atoms with Gasteiger partial charge in [-0.05, 0) is 183 Å². The van der Waals surface area contributed by atoms with Gasteiger partial charge in [0, 0.05) is 77.3 Å². The van der Waals surface area contributed by atoms with E-state index >= 15 is 0 Å².